The topological polar surface area (TPSA) is 40.5 Å². The van der Waals surface area contributed by atoms with Crippen molar-refractivity contribution in [1.82, 2.24) is 4.90 Å². The Balaban J connectivity index is 2.02. The molecule has 0 saturated carbocycles. The van der Waals surface area contributed by atoms with Gasteiger partial charge in [0, 0.05) is 29.0 Å². The molecular formula is C12H15BrClNO2S. The molecule has 2 atom stereocenters. The molecule has 1 aromatic rings. The van der Waals surface area contributed by atoms with E-state index in [1.807, 2.05) is 6.07 Å². The summed E-state index contributed by atoms with van der Waals surface area (Å²) < 4.78 is 1.67. The van der Waals surface area contributed by atoms with E-state index in [2.05, 4.69) is 27.8 Å². The molecule has 0 spiro atoms. The summed E-state index contributed by atoms with van der Waals surface area (Å²) >= 11 is 11.0. The second-order valence-corrected chi connectivity index (χ2v) is 7.50. The molecule has 1 aliphatic heterocycles. The first kappa shape index (κ1) is 14.3. The summed E-state index contributed by atoms with van der Waals surface area (Å²) in [7, 11) is 0. The number of nitrogens with zero attached hydrogens (tertiary/aromatic N) is 1. The van der Waals surface area contributed by atoms with Gasteiger partial charge in [0.25, 0.3) is 0 Å². The summed E-state index contributed by atoms with van der Waals surface area (Å²) in [5.41, 5.74) is 0. The van der Waals surface area contributed by atoms with Gasteiger partial charge in [-0.15, -0.1) is 11.3 Å². The molecule has 0 amide bonds. The molecule has 100 valence electrons. The second-order valence-electron chi connectivity index (χ2n) is 4.90. The Hall–Kier alpha value is -0.100. The highest BCUT2D eigenvalue weighted by molar-refractivity contribution is 9.10. The lowest BCUT2D eigenvalue weighted by molar-refractivity contribution is -0.144. The molecule has 0 bridgehead atoms. The van der Waals surface area contributed by atoms with Crippen LogP contribution in [0.4, 0.5) is 0 Å². The van der Waals surface area contributed by atoms with Crippen LogP contribution in [-0.4, -0.2) is 29.1 Å². The maximum atomic E-state index is 11.1. The first-order chi connectivity index (χ1) is 8.45. The van der Waals surface area contributed by atoms with Crippen LogP contribution in [0.3, 0.4) is 0 Å². The van der Waals surface area contributed by atoms with E-state index in [0.717, 1.165) is 28.3 Å². The minimum absolute atomic E-state index is 0.243. The summed E-state index contributed by atoms with van der Waals surface area (Å²) in [6.07, 6.45) is 0.778. The number of thiophene rings is 1. The molecule has 0 aliphatic carbocycles. The fraction of sp³-hybridized carbons (Fsp3) is 0.583. The molecule has 0 aromatic carbocycles. The van der Waals surface area contributed by atoms with E-state index >= 15 is 0 Å². The van der Waals surface area contributed by atoms with E-state index in [1.54, 1.807) is 11.3 Å². The number of rotatable bonds is 3. The third-order valence-electron chi connectivity index (χ3n) is 3.16. The van der Waals surface area contributed by atoms with Crippen molar-refractivity contribution in [3.05, 3.63) is 19.8 Å². The maximum absolute atomic E-state index is 11.1. The Morgan fingerprint density at radius 3 is 2.94 bits per heavy atom. The van der Waals surface area contributed by atoms with Crippen LogP contribution in [0.5, 0.6) is 0 Å². The molecule has 1 N–H and O–H groups in total. The van der Waals surface area contributed by atoms with Crippen LogP contribution in [-0.2, 0) is 11.3 Å². The van der Waals surface area contributed by atoms with Crippen LogP contribution in [0.15, 0.2) is 10.5 Å². The maximum Gasteiger partial charge on any atom is 0.307 e. The highest BCUT2D eigenvalue weighted by Gasteiger charge is 2.29. The molecule has 6 heteroatoms. The van der Waals surface area contributed by atoms with Gasteiger partial charge < -0.3 is 5.11 Å². The zero-order chi connectivity index (χ0) is 13.3. The molecule has 1 fully saturated rings. The van der Waals surface area contributed by atoms with Crippen molar-refractivity contribution >= 4 is 44.8 Å². The fourth-order valence-corrected chi connectivity index (χ4v) is 4.29. The lowest BCUT2D eigenvalue weighted by Crippen LogP contribution is -2.41. The Labute approximate surface area is 124 Å². The van der Waals surface area contributed by atoms with E-state index in [-0.39, 0.29) is 5.92 Å². The number of hydrogen-bond acceptors (Lipinski definition) is 3. The van der Waals surface area contributed by atoms with Crippen molar-refractivity contribution in [1.29, 1.82) is 0 Å². The lowest BCUT2D eigenvalue weighted by atomic mass is 9.90. The van der Waals surface area contributed by atoms with Gasteiger partial charge in [-0.25, -0.2) is 0 Å². The Kier molecular flexibility index (Phi) is 4.69. The third-order valence-corrected chi connectivity index (χ3v) is 5.62. The van der Waals surface area contributed by atoms with Gasteiger partial charge >= 0.3 is 5.97 Å². The van der Waals surface area contributed by atoms with Crippen LogP contribution >= 0.6 is 38.9 Å². The molecule has 1 aliphatic rings. The van der Waals surface area contributed by atoms with Gasteiger partial charge in [0.05, 0.1) is 5.92 Å². The van der Waals surface area contributed by atoms with Crippen molar-refractivity contribution in [2.75, 3.05) is 13.1 Å². The predicted octanol–water partition coefficient (Wildman–Crippen LogP) is 3.71. The first-order valence-corrected chi connectivity index (χ1v) is 7.83. The predicted molar refractivity (Wildman–Crippen MR) is 77.2 cm³/mol. The summed E-state index contributed by atoms with van der Waals surface area (Å²) in [6.45, 7) is 4.48. The number of aliphatic carboxylic acids is 1. The van der Waals surface area contributed by atoms with Gasteiger partial charge in [0.2, 0.25) is 0 Å². The monoisotopic (exact) mass is 351 g/mol. The molecule has 2 rings (SSSR count). The summed E-state index contributed by atoms with van der Waals surface area (Å²) in [5.74, 6) is -0.497. The minimum atomic E-state index is -0.683. The Morgan fingerprint density at radius 1 is 1.67 bits per heavy atom. The first-order valence-electron chi connectivity index (χ1n) is 5.84. The molecule has 0 radical (unpaired) electrons. The van der Waals surface area contributed by atoms with E-state index in [4.69, 9.17) is 16.7 Å². The van der Waals surface area contributed by atoms with Crippen molar-refractivity contribution in [2.24, 2.45) is 11.8 Å². The molecule has 2 unspecified atom stereocenters. The summed E-state index contributed by atoms with van der Waals surface area (Å²) in [6, 6.07) is 2.02. The van der Waals surface area contributed by atoms with Gasteiger partial charge in [0.15, 0.2) is 0 Å². The number of carbonyl (C=O) groups is 1. The molecule has 3 nitrogen and oxygen atoms in total. The number of hydrogen-bond donors (Lipinski definition) is 1. The average Bonchev–Trinajstić information content (AvgIpc) is 2.56. The molecule has 1 saturated heterocycles. The lowest BCUT2D eigenvalue weighted by Gasteiger charge is -2.34. The number of likely N-dealkylation sites (tertiary alicyclic amines) is 1. The average molecular weight is 353 g/mol. The SMILES string of the molecule is CC1CC(C(=O)O)CN(Cc2cc(Br)c(Cl)s2)C1. The van der Waals surface area contributed by atoms with Crippen LogP contribution < -0.4 is 0 Å². The van der Waals surface area contributed by atoms with Crippen LogP contribution in [0.1, 0.15) is 18.2 Å². The van der Waals surface area contributed by atoms with Crippen molar-refractivity contribution < 1.29 is 9.90 Å². The van der Waals surface area contributed by atoms with Gasteiger partial charge in [-0.2, -0.15) is 0 Å². The number of carboxylic acid groups (broad SMARTS) is 1. The van der Waals surface area contributed by atoms with Crippen LogP contribution in [0, 0.1) is 11.8 Å². The molecule has 2 heterocycles. The van der Waals surface area contributed by atoms with Crippen LogP contribution in [0.25, 0.3) is 0 Å². The minimum Gasteiger partial charge on any atom is -0.481 e. The third kappa shape index (κ3) is 3.47. The van der Waals surface area contributed by atoms with E-state index < -0.39 is 5.97 Å². The zero-order valence-corrected chi connectivity index (χ0v) is 13.2. The van der Waals surface area contributed by atoms with E-state index in [0.29, 0.717) is 12.5 Å². The highest BCUT2D eigenvalue weighted by atomic mass is 79.9. The second kappa shape index (κ2) is 5.90. The Morgan fingerprint density at radius 2 is 2.39 bits per heavy atom. The smallest absolute Gasteiger partial charge is 0.307 e. The molecule has 1 aromatic heterocycles. The van der Waals surface area contributed by atoms with Crippen LogP contribution in [0.2, 0.25) is 4.34 Å². The standard InChI is InChI=1S/C12H15BrClNO2S/c1-7-2-8(12(16)17)5-15(4-7)6-9-3-10(13)11(14)18-9/h3,7-8H,2,4-6H2,1H3,(H,16,17). The largest absolute Gasteiger partial charge is 0.481 e. The van der Waals surface area contributed by atoms with Gasteiger partial charge in [-0.05, 0) is 34.3 Å². The zero-order valence-electron chi connectivity index (χ0n) is 10.0. The number of piperidine rings is 1. The van der Waals surface area contributed by atoms with E-state index in [9.17, 15) is 4.79 Å². The van der Waals surface area contributed by atoms with Gasteiger partial charge in [0.1, 0.15) is 4.34 Å². The normalized spacial score (nSPS) is 25.3. The molecule has 18 heavy (non-hydrogen) atoms. The Bertz CT molecular complexity index is 432. The van der Waals surface area contributed by atoms with Crippen molar-refractivity contribution in [3.63, 3.8) is 0 Å². The summed E-state index contributed by atoms with van der Waals surface area (Å²) in [4.78, 5) is 14.5. The van der Waals surface area contributed by atoms with E-state index in [1.165, 1.54) is 4.88 Å². The number of carboxylic acids is 1. The molecular weight excluding hydrogens is 338 g/mol. The van der Waals surface area contributed by atoms with Crippen molar-refractivity contribution in [2.45, 2.75) is 19.9 Å². The van der Waals surface area contributed by atoms with Crippen molar-refractivity contribution in [3.8, 4) is 0 Å². The van der Waals surface area contributed by atoms with Gasteiger partial charge in [-0.1, -0.05) is 18.5 Å². The quantitative estimate of drug-likeness (QED) is 0.901. The fourth-order valence-electron chi connectivity index (χ4n) is 2.46. The van der Waals surface area contributed by atoms with Gasteiger partial charge in [-0.3, -0.25) is 9.69 Å². The summed E-state index contributed by atoms with van der Waals surface area (Å²) in [5, 5.41) is 9.14. The number of halogens is 2. The highest BCUT2D eigenvalue weighted by Crippen LogP contribution is 2.33.